The van der Waals surface area contributed by atoms with Gasteiger partial charge in [-0.15, -0.1) is 0 Å². The summed E-state index contributed by atoms with van der Waals surface area (Å²) in [6.07, 6.45) is 2.10. The second-order valence-electron chi connectivity index (χ2n) is 8.17. The minimum atomic E-state index is -0.231. The number of carbonyl (C=O) groups is 1. The first kappa shape index (κ1) is 20.6. The lowest BCUT2D eigenvalue weighted by Gasteiger charge is -2.38. The Morgan fingerprint density at radius 3 is 2.19 bits per heavy atom. The van der Waals surface area contributed by atoms with Gasteiger partial charge in [-0.2, -0.15) is 0 Å². The molecule has 5 nitrogen and oxygen atoms in total. The SMILES string of the molecule is COC(=O)C1C(C)CCCN1Cc1c(OC)cc(C(C)(C)C)cc1OC. The van der Waals surface area contributed by atoms with E-state index in [0.717, 1.165) is 42.0 Å². The van der Waals surface area contributed by atoms with Gasteiger partial charge in [-0.05, 0) is 48.4 Å². The number of nitrogens with zero attached hydrogens (tertiary/aromatic N) is 1. The van der Waals surface area contributed by atoms with E-state index in [1.165, 1.54) is 7.11 Å². The Labute approximate surface area is 157 Å². The lowest BCUT2D eigenvalue weighted by molar-refractivity contribution is -0.151. The van der Waals surface area contributed by atoms with Crippen LogP contribution in [0.1, 0.15) is 51.7 Å². The van der Waals surface area contributed by atoms with Crippen LogP contribution in [0, 0.1) is 5.92 Å². The van der Waals surface area contributed by atoms with Gasteiger partial charge in [0.05, 0.1) is 26.9 Å². The Morgan fingerprint density at radius 1 is 1.15 bits per heavy atom. The number of ether oxygens (including phenoxy) is 3. The molecule has 26 heavy (non-hydrogen) atoms. The topological polar surface area (TPSA) is 48.0 Å². The van der Waals surface area contributed by atoms with Crippen LogP contribution in [-0.4, -0.2) is 44.8 Å². The zero-order valence-electron chi connectivity index (χ0n) is 17.2. The number of carbonyl (C=O) groups excluding carboxylic acids is 1. The van der Waals surface area contributed by atoms with Crippen LogP contribution in [-0.2, 0) is 21.5 Å². The maximum absolute atomic E-state index is 12.3. The predicted molar refractivity (Wildman–Crippen MR) is 103 cm³/mol. The van der Waals surface area contributed by atoms with Crippen molar-refractivity contribution in [1.29, 1.82) is 0 Å². The van der Waals surface area contributed by atoms with E-state index in [0.29, 0.717) is 6.54 Å². The Hall–Kier alpha value is -1.75. The lowest BCUT2D eigenvalue weighted by Crippen LogP contribution is -2.49. The average Bonchev–Trinajstić information content (AvgIpc) is 2.60. The molecule has 0 amide bonds. The molecule has 1 heterocycles. The largest absolute Gasteiger partial charge is 0.496 e. The molecule has 2 atom stereocenters. The second kappa shape index (κ2) is 8.30. The predicted octanol–water partition coefficient (Wildman–Crippen LogP) is 3.77. The fraction of sp³-hybridized carbons (Fsp3) is 0.667. The molecule has 1 saturated heterocycles. The third kappa shape index (κ3) is 4.32. The third-order valence-electron chi connectivity index (χ3n) is 5.31. The Morgan fingerprint density at radius 2 is 1.73 bits per heavy atom. The van der Waals surface area contributed by atoms with Gasteiger partial charge in [0.25, 0.3) is 0 Å². The highest BCUT2D eigenvalue weighted by atomic mass is 16.5. The average molecular weight is 363 g/mol. The highest BCUT2D eigenvalue weighted by Gasteiger charge is 2.36. The van der Waals surface area contributed by atoms with Crippen LogP contribution >= 0.6 is 0 Å². The number of rotatable bonds is 5. The standard InChI is InChI=1S/C21H33NO4/c1-14-9-8-10-22(19(14)20(23)26-7)13-16-17(24-5)11-15(21(2,3)4)12-18(16)25-6/h11-12,14,19H,8-10,13H2,1-7H3. The second-order valence-corrected chi connectivity index (χ2v) is 8.17. The molecule has 146 valence electrons. The van der Waals surface area contributed by atoms with Crippen LogP contribution in [0.4, 0.5) is 0 Å². The number of hydrogen-bond acceptors (Lipinski definition) is 5. The van der Waals surface area contributed by atoms with E-state index < -0.39 is 0 Å². The van der Waals surface area contributed by atoms with E-state index in [9.17, 15) is 4.79 Å². The summed E-state index contributed by atoms with van der Waals surface area (Å²) in [6, 6.07) is 3.93. The number of esters is 1. The molecule has 1 aliphatic rings. The molecule has 0 spiro atoms. The molecular weight excluding hydrogens is 330 g/mol. The van der Waals surface area contributed by atoms with Crippen LogP contribution < -0.4 is 9.47 Å². The molecule has 0 N–H and O–H groups in total. The van der Waals surface area contributed by atoms with E-state index in [1.807, 2.05) is 0 Å². The van der Waals surface area contributed by atoms with Gasteiger partial charge in [0.1, 0.15) is 17.5 Å². The fourth-order valence-electron chi connectivity index (χ4n) is 3.73. The molecule has 0 aliphatic carbocycles. The number of hydrogen-bond donors (Lipinski definition) is 0. The van der Waals surface area contributed by atoms with Gasteiger partial charge < -0.3 is 14.2 Å². The molecule has 2 unspecified atom stereocenters. The zero-order valence-corrected chi connectivity index (χ0v) is 17.2. The summed E-state index contributed by atoms with van der Waals surface area (Å²) in [6.45, 7) is 10.1. The minimum Gasteiger partial charge on any atom is -0.496 e. The summed E-state index contributed by atoms with van der Waals surface area (Å²) >= 11 is 0. The van der Waals surface area contributed by atoms with Crippen molar-refractivity contribution in [3.8, 4) is 11.5 Å². The quantitative estimate of drug-likeness (QED) is 0.745. The van der Waals surface area contributed by atoms with E-state index in [1.54, 1.807) is 14.2 Å². The van der Waals surface area contributed by atoms with Gasteiger partial charge in [-0.1, -0.05) is 27.7 Å². The van der Waals surface area contributed by atoms with Gasteiger partial charge in [0.15, 0.2) is 0 Å². The summed E-state index contributed by atoms with van der Waals surface area (Å²) in [5.74, 6) is 1.70. The van der Waals surface area contributed by atoms with Crippen LogP contribution in [0.25, 0.3) is 0 Å². The minimum absolute atomic E-state index is 0.00667. The molecule has 1 fully saturated rings. The first-order chi connectivity index (χ1) is 12.2. The lowest BCUT2D eigenvalue weighted by atomic mass is 9.85. The fourth-order valence-corrected chi connectivity index (χ4v) is 3.73. The Bertz CT molecular complexity index is 610. The van der Waals surface area contributed by atoms with Gasteiger partial charge in [-0.25, -0.2) is 0 Å². The number of benzene rings is 1. The monoisotopic (exact) mass is 363 g/mol. The van der Waals surface area contributed by atoms with Crippen molar-refractivity contribution in [1.82, 2.24) is 4.90 Å². The summed E-state index contributed by atoms with van der Waals surface area (Å²) < 4.78 is 16.4. The summed E-state index contributed by atoms with van der Waals surface area (Å²) in [7, 11) is 4.82. The molecule has 0 bridgehead atoms. The van der Waals surface area contributed by atoms with E-state index in [4.69, 9.17) is 14.2 Å². The van der Waals surface area contributed by atoms with E-state index in [-0.39, 0.29) is 23.3 Å². The maximum Gasteiger partial charge on any atom is 0.323 e. The number of methoxy groups -OCH3 is 3. The van der Waals surface area contributed by atoms with Crippen LogP contribution in [0.3, 0.4) is 0 Å². The third-order valence-corrected chi connectivity index (χ3v) is 5.31. The molecular formula is C21H33NO4. The Balaban J connectivity index is 2.42. The van der Waals surface area contributed by atoms with Crippen LogP contribution in [0.15, 0.2) is 12.1 Å². The smallest absolute Gasteiger partial charge is 0.323 e. The van der Waals surface area contributed by atoms with Gasteiger partial charge in [-0.3, -0.25) is 9.69 Å². The number of piperidine rings is 1. The summed E-state index contributed by atoms with van der Waals surface area (Å²) in [5, 5.41) is 0. The molecule has 1 aliphatic heterocycles. The van der Waals surface area contributed by atoms with Crippen molar-refractivity contribution < 1.29 is 19.0 Å². The Kier molecular flexibility index (Phi) is 6.56. The highest BCUT2D eigenvalue weighted by Crippen LogP contribution is 2.37. The van der Waals surface area contributed by atoms with Crippen molar-refractivity contribution in [2.75, 3.05) is 27.9 Å². The van der Waals surface area contributed by atoms with Crippen LogP contribution in [0.5, 0.6) is 11.5 Å². The molecule has 1 aromatic rings. The van der Waals surface area contributed by atoms with Gasteiger partial charge in [0, 0.05) is 6.54 Å². The number of likely N-dealkylation sites (tertiary alicyclic amines) is 1. The summed E-state index contributed by atoms with van der Waals surface area (Å²) in [5.41, 5.74) is 2.13. The van der Waals surface area contributed by atoms with E-state index in [2.05, 4.69) is 44.7 Å². The molecule has 0 saturated carbocycles. The highest BCUT2D eigenvalue weighted by molar-refractivity contribution is 5.76. The molecule has 0 radical (unpaired) electrons. The molecule has 5 heteroatoms. The van der Waals surface area contributed by atoms with Crippen LogP contribution in [0.2, 0.25) is 0 Å². The van der Waals surface area contributed by atoms with Crippen molar-refractivity contribution in [2.24, 2.45) is 5.92 Å². The summed E-state index contributed by atoms with van der Waals surface area (Å²) in [4.78, 5) is 14.5. The molecule has 2 rings (SSSR count). The van der Waals surface area contributed by atoms with Gasteiger partial charge in [0.2, 0.25) is 0 Å². The first-order valence-corrected chi connectivity index (χ1v) is 9.30. The first-order valence-electron chi connectivity index (χ1n) is 9.30. The zero-order chi connectivity index (χ0) is 19.5. The van der Waals surface area contributed by atoms with Crippen molar-refractivity contribution >= 4 is 5.97 Å². The van der Waals surface area contributed by atoms with Crippen molar-refractivity contribution in [2.45, 2.75) is 58.5 Å². The normalized spacial score (nSPS) is 21.3. The molecule has 0 aromatic heterocycles. The van der Waals surface area contributed by atoms with Crippen molar-refractivity contribution in [3.63, 3.8) is 0 Å². The van der Waals surface area contributed by atoms with Crippen molar-refractivity contribution in [3.05, 3.63) is 23.3 Å². The maximum atomic E-state index is 12.3. The van der Waals surface area contributed by atoms with Gasteiger partial charge >= 0.3 is 5.97 Å². The molecule has 1 aromatic carbocycles. The van der Waals surface area contributed by atoms with E-state index >= 15 is 0 Å².